The number of nitrogens with zero attached hydrogens (tertiary/aromatic N) is 3. The molecule has 0 saturated heterocycles. The second kappa shape index (κ2) is 13.2. The molecule has 7 aromatic carbocycles. The molecule has 3 aromatic heterocycles. The molecule has 0 atom stereocenters. The van der Waals surface area contributed by atoms with E-state index >= 15 is 0 Å². The van der Waals surface area contributed by atoms with Crippen molar-refractivity contribution >= 4 is 65.4 Å². The molecule has 0 saturated carbocycles. The summed E-state index contributed by atoms with van der Waals surface area (Å²) in [7, 11) is 2.14. The SMILES string of the molecule is C.CC.Cn1c2ccccc2c2cc(-n3c4ccccc4c4ccccc43)ccc21.c1ccc(-n2c3ccccc3c3ccccc32)cc1. The molecule has 0 aliphatic heterocycles. The van der Waals surface area contributed by atoms with Gasteiger partial charge in [-0.05, 0) is 60.7 Å². The molecule has 0 bridgehead atoms. The topological polar surface area (TPSA) is 14.8 Å². The van der Waals surface area contributed by atoms with Gasteiger partial charge in [-0.15, -0.1) is 0 Å². The highest BCUT2D eigenvalue weighted by Gasteiger charge is 2.14. The van der Waals surface area contributed by atoms with Crippen molar-refractivity contribution in [1.29, 1.82) is 0 Å². The van der Waals surface area contributed by atoms with Crippen LogP contribution in [0.5, 0.6) is 0 Å². The largest absolute Gasteiger partial charge is 0.344 e. The van der Waals surface area contributed by atoms with Crippen molar-refractivity contribution in [3.8, 4) is 11.4 Å². The van der Waals surface area contributed by atoms with Gasteiger partial charge in [0.15, 0.2) is 0 Å². The van der Waals surface area contributed by atoms with Crippen LogP contribution in [0.15, 0.2) is 170 Å². The highest BCUT2D eigenvalue weighted by atomic mass is 15.0. The maximum Gasteiger partial charge on any atom is 0.0541 e. The second-order valence-corrected chi connectivity index (χ2v) is 11.9. The fourth-order valence-corrected chi connectivity index (χ4v) is 7.27. The first-order chi connectivity index (χ1) is 23.8. The van der Waals surface area contributed by atoms with Gasteiger partial charge in [0.1, 0.15) is 0 Å². The molecular weight excluding hydrogens is 595 g/mol. The van der Waals surface area contributed by atoms with Gasteiger partial charge >= 0.3 is 0 Å². The van der Waals surface area contributed by atoms with Crippen molar-refractivity contribution in [2.24, 2.45) is 7.05 Å². The first kappa shape index (κ1) is 31.5. The molecule has 3 nitrogen and oxygen atoms in total. The highest BCUT2D eigenvalue weighted by Crippen LogP contribution is 2.35. The van der Waals surface area contributed by atoms with Gasteiger partial charge in [-0.25, -0.2) is 0 Å². The number of fused-ring (bicyclic) bond motifs is 9. The molecule has 0 aliphatic rings. The minimum atomic E-state index is 0. The maximum absolute atomic E-state index is 2.38. The van der Waals surface area contributed by atoms with Gasteiger partial charge in [0.25, 0.3) is 0 Å². The monoisotopic (exact) mass is 635 g/mol. The lowest BCUT2D eigenvalue weighted by molar-refractivity contribution is 1.01. The smallest absolute Gasteiger partial charge is 0.0541 e. The van der Waals surface area contributed by atoms with Crippen LogP contribution in [0.4, 0.5) is 0 Å². The fourth-order valence-electron chi connectivity index (χ4n) is 7.27. The van der Waals surface area contributed by atoms with Gasteiger partial charge in [0.2, 0.25) is 0 Å². The predicted octanol–water partition coefficient (Wildman–Crippen LogP) is 12.9. The Bertz CT molecular complexity index is 2600. The predicted molar refractivity (Wildman–Crippen MR) is 214 cm³/mol. The second-order valence-electron chi connectivity index (χ2n) is 11.9. The Hall–Kier alpha value is -6.06. The molecule has 0 aliphatic carbocycles. The average Bonchev–Trinajstić information content (AvgIpc) is 3.79. The van der Waals surface area contributed by atoms with E-state index in [4.69, 9.17) is 0 Å². The summed E-state index contributed by atoms with van der Waals surface area (Å²) in [4.78, 5) is 0. The van der Waals surface area contributed by atoms with Gasteiger partial charge < -0.3 is 13.7 Å². The van der Waals surface area contributed by atoms with Crippen molar-refractivity contribution in [1.82, 2.24) is 13.7 Å². The lowest BCUT2D eigenvalue weighted by atomic mass is 10.1. The molecule has 0 N–H and O–H groups in total. The molecule has 3 heterocycles. The summed E-state index contributed by atoms with van der Waals surface area (Å²) in [5.41, 5.74) is 9.96. The summed E-state index contributed by atoms with van der Waals surface area (Å²) in [5.74, 6) is 0. The third-order valence-corrected chi connectivity index (χ3v) is 9.33. The third-order valence-electron chi connectivity index (χ3n) is 9.33. The van der Waals surface area contributed by atoms with E-state index < -0.39 is 0 Å². The van der Waals surface area contributed by atoms with Gasteiger partial charge in [0.05, 0.1) is 22.1 Å². The summed E-state index contributed by atoms with van der Waals surface area (Å²) in [6, 6.07) is 60.4. The van der Waals surface area contributed by atoms with Gasteiger partial charge in [-0.1, -0.05) is 130 Å². The van der Waals surface area contributed by atoms with E-state index in [0.29, 0.717) is 0 Å². The Balaban J connectivity index is 0.000000152. The zero-order valence-corrected chi connectivity index (χ0v) is 27.5. The van der Waals surface area contributed by atoms with Crippen LogP contribution in [0, 0.1) is 0 Å². The summed E-state index contributed by atoms with van der Waals surface area (Å²) < 4.78 is 6.98. The highest BCUT2D eigenvalue weighted by molar-refractivity contribution is 6.12. The van der Waals surface area contributed by atoms with Crippen LogP contribution < -0.4 is 0 Å². The lowest BCUT2D eigenvalue weighted by Gasteiger charge is -2.08. The summed E-state index contributed by atoms with van der Waals surface area (Å²) in [6.45, 7) is 4.00. The van der Waals surface area contributed by atoms with E-state index in [2.05, 4.69) is 191 Å². The molecule has 10 aromatic rings. The third kappa shape index (κ3) is 5.15. The van der Waals surface area contributed by atoms with Gasteiger partial charge in [0, 0.05) is 61.8 Å². The van der Waals surface area contributed by atoms with Gasteiger partial charge in [-0.3, -0.25) is 0 Å². The van der Waals surface area contributed by atoms with Gasteiger partial charge in [-0.2, -0.15) is 0 Å². The summed E-state index contributed by atoms with van der Waals surface area (Å²) in [5, 5.41) is 7.81. The van der Waals surface area contributed by atoms with Crippen molar-refractivity contribution in [2.75, 3.05) is 0 Å². The molecule has 0 unspecified atom stereocenters. The zero-order chi connectivity index (χ0) is 32.6. The lowest BCUT2D eigenvalue weighted by Crippen LogP contribution is -1.94. The van der Waals surface area contributed by atoms with Crippen molar-refractivity contribution in [2.45, 2.75) is 21.3 Å². The first-order valence-electron chi connectivity index (χ1n) is 16.8. The molecule has 10 rings (SSSR count). The number of hydrogen-bond acceptors (Lipinski definition) is 0. The summed E-state index contributed by atoms with van der Waals surface area (Å²) in [6.07, 6.45) is 0. The molecule has 49 heavy (non-hydrogen) atoms. The molecule has 0 amide bonds. The van der Waals surface area contributed by atoms with Crippen molar-refractivity contribution < 1.29 is 0 Å². The van der Waals surface area contributed by atoms with Crippen LogP contribution in [0.1, 0.15) is 21.3 Å². The standard InChI is InChI=1S/C25H18N2.C18H13N.C2H6.CH4/c1-26-22-11-5-2-10-20(22)21-16-17(14-15-23(21)26)27-24-12-6-3-8-18(24)19-9-4-7-13-25(19)27;1-2-8-14(9-3-1)19-17-12-6-4-10-15(17)16-11-5-7-13-18(16)19;1-2;/h2-16H,1H3;1-13H;1-2H3;1H4. The van der Waals surface area contributed by atoms with Crippen LogP contribution in [-0.4, -0.2) is 13.7 Å². The Morgan fingerprint density at radius 3 is 1.08 bits per heavy atom. The van der Waals surface area contributed by atoms with Crippen LogP contribution in [-0.2, 0) is 7.05 Å². The van der Waals surface area contributed by atoms with Crippen molar-refractivity contribution in [3.05, 3.63) is 170 Å². The molecule has 240 valence electrons. The Morgan fingerprint density at radius 2 is 0.633 bits per heavy atom. The van der Waals surface area contributed by atoms with Crippen LogP contribution in [0.25, 0.3) is 76.8 Å². The molecular formula is C46H41N3. The van der Waals surface area contributed by atoms with Crippen LogP contribution in [0.3, 0.4) is 0 Å². The zero-order valence-electron chi connectivity index (χ0n) is 27.5. The number of para-hydroxylation sites is 6. The number of aromatic nitrogens is 3. The minimum absolute atomic E-state index is 0. The quantitative estimate of drug-likeness (QED) is 0.180. The molecule has 3 heteroatoms. The normalized spacial score (nSPS) is 11.0. The number of rotatable bonds is 2. The van der Waals surface area contributed by atoms with Crippen LogP contribution in [0.2, 0.25) is 0 Å². The van der Waals surface area contributed by atoms with E-state index in [1.807, 2.05) is 13.8 Å². The van der Waals surface area contributed by atoms with E-state index in [1.165, 1.54) is 76.8 Å². The summed E-state index contributed by atoms with van der Waals surface area (Å²) >= 11 is 0. The fraction of sp³-hybridized carbons (Fsp3) is 0.0870. The Morgan fingerprint density at radius 1 is 0.306 bits per heavy atom. The molecule has 0 radical (unpaired) electrons. The number of aryl methyl sites for hydroxylation is 1. The van der Waals surface area contributed by atoms with E-state index in [0.717, 1.165) is 0 Å². The molecule has 0 fully saturated rings. The van der Waals surface area contributed by atoms with E-state index in [-0.39, 0.29) is 7.43 Å². The van der Waals surface area contributed by atoms with E-state index in [9.17, 15) is 0 Å². The van der Waals surface area contributed by atoms with Crippen molar-refractivity contribution in [3.63, 3.8) is 0 Å². The Labute approximate surface area is 287 Å². The average molecular weight is 636 g/mol. The minimum Gasteiger partial charge on any atom is -0.344 e. The van der Waals surface area contributed by atoms with Crippen LogP contribution >= 0.6 is 0 Å². The molecule has 0 spiro atoms. The Kier molecular flexibility index (Phi) is 8.50. The number of hydrogen-bond donors (Lipinski definition) is 0. The first-order valence-corrected chi connectivity index (χ1v) is 16.8. The number of benzene rings is 7. The van der Waals surface area contributed by atoms with E-state index in [1.54, 1.807) is 0 Å². The maximum atomic E-state index is 2.38.